The van der Waals surface area contributed by atoms with Crippen LogP contribution < -0.4 is 14.8 Å². The van der Waals surface area contributed by atoms with Crippen LogP contribution in [0.25, 0.3) is 0 Å². The topological polar surface area (TPSA) is 56.8 Å². The molecular formula is C17H18ClNO4. The highest BCUT2D eigenvalue weighted by molar-refractivity contribution is 6.32. The molecule has 0 bridgehead atoms. The normalized spacial score (nSPS) is 10.3. The molecule has 0 saturated heterocycles. The Labute approximate surface area is 140 Å². The van der Waals surface area contributed by atoms with Crippen LogP contribution in [0.3, 0.4) is 0 Å². The van der Waals surface area contributed by atoms with Gasteiger partial charge in [0.25, 0.3) is 5.91 Å². The van der Waals surface area contributed by atoms with Gasteiger partial charge in [-0.15, -0.1) is 0 Å². The number of hydrogen-bond acceptors (Lipinski definition) is 4. The Morgan fingerprint density at radius 2 is 1.70 bits per heavy atom. The summed E-state index contributed by atoms with van der Waals surface area (Å²) in [5.41, 5.74) is 2.00. The smallest absolute Gasteiger partial charge is 0.255 e. The summed E-state index contributed by atoms with van der Waals surface area (Å²) < 4.78 is 15.4. The van der Waals surface area contributed by atoms with E-state index in [2.05, 4.69) is 5.32 Å². The Balaban J connectivity index is 2.20. The second kappa shape index (κ2) is 7.85. The molecule has 0 radical (unpaired) electrons. The lowest BCUT2D eigenvalue weighted by atomic mass is 10.1. The van der Waals surface area contributed by atoms with Crippen LogP contribution in [0.5, 0.6) is 11.5 Å². The summed E-state index contributed by atoms with van der Waals surface area (Å²) in [5.74, 6) is 0.689. The van der Waals surface area contributed by atoms with E-state index in [1.807, 2.05) is 12.1 Å². The quantitative estimate of drug-likeness (QED) is 0.873. The van der Waals surface area contributed by atoms with Crippen LogP contribution in [0, 0.1) is 0 Å². The largest absolute Gasteiger partial charge is 0.495 e. The summed E-state index contributed by atoms with van der Waals surface area (Å²) in [5, 5.41) is 3.17. The van der Waals surface area contributed by atoms with Gasteiger partial charge in [-0.05, 0) is 23.8 Å². The molecule has 0 aliphatic carbocycles. The average molecular weight is 336 g/mol. The van der Waals surface area contributed by atoms with Crippen molar-refractivity contribution in [2.24, 2.45) is 0 Å². The maximum Gasteiger partial charge on any atom is 0.255 e. The van der Waals surface area contributed by atoms with E-state index < -0.39 is 0 Å². The van der Waals surface area contributed by atoms with Crippen LogP contribution in [-0.4, -0.2) is 27.2 Å². The molecule has 2 aromatic carbocycles. The number of halogens is 1. The molecule has 122 valence electrons. The lowest BCUT2D eigenvalue weighted by Crippen LogP contribution is -2.12. The van der Waals surface area contributed by atoms with E-state index in [0.29, 0.717) is 34.4 Å². The standard InChI is InChI=1S/C17H18ClNO4/c1-21-10-11-4-6-12(7-5-11)17(20)19-14-8-13(18)15(22-2)9-16(14)23-3/h4-9H,10H2,1-3H3,(H,19,20). The minimum atomic E-state index is -0.256. The number of carbonyl (C=O) groups excluding carboxylic acids is 1. The maximum atomic E-state index is 12.3. The fraction of sp³-hybridized carbons (Fsp3) is 0.235. The predicted octanol–water partition coefficient (Wildman–Crippen LogP) is 3.76. The number of methoxy groups -OCH3 is 3. The third kappa shape index (κ3) is 4.15. The lowest BCUT2D eigenvalue weighted by molar-refractivity contribution is 0.102. The van der Waals surface area contributed by atoms with Crippen molar-refractivity contribution in [1.82, 2.24) is 0 Å². The van der Waals surface area contributed by atoms with Crippen LogP contribution in [0.1, 0.15) is 15.9 Å². The number of hydrogen-bond donors (Lipinski definition) is 1. The Kier molecular flexibility index (Phi) is 5.84. The number of nitrogens with one attached hydrogen (secondary N) is 1. The zero-order valence-corrected chi connectivity index (χ0v) is 13.9. The Hall–Kier alpha value is -2.24. The van der Waals surface area contributed by atoms with Crippen molar-refractivity contribution in [3.63, 3.8) is 0 Å². The van der Waals surface area contributed by atoms with Crippen LogP contribution in [0.15, 0.2) is 36.4 Å². The lowest BCUT2D eigenvalue weighted by Gasteiger charge is -2.13. The van der Waals surface area contributed by atoms with Gasteiger partial charge in [0.15, 0.2) is 0 Å². The Bertz CT molecular complexity index is 686. The van der Waals surface area contributed by atoms with Gasteiger partial charge < -0.3 is 19.5 Å². The summed E-state index contributed by atoms with van der Waals surface area (Å²) in [6.07, 6.45) is 0. The average Bonchev–Trinajstić information content (AvgIpc) is 2.56. The first-order chi connectivity index (χ1) is 11.1. The summed E-state index contributed by atoms with van der Waals surface area (Å²) in [7, 11) is 4.65. The second-order valence-electron chi connectivity index (χ2n) is 4.77. The third-order valence-corrected chi connectivity index (χ3v) is 3.54. The minimum absolute atomic E-state index is 0.256. The van der Waals surface area contributed by atoms with Crippen LogP contribution >= 0.6 is 11.6 Å². The molecule has 1 N–H and O–H groups in total. The monoisotopic (exact) mass is 335 g/mol. The Morgan fingerprint density at radius 1 is 1.04 bits per heavy atom. The summed E-state index contributed by atoms with van der Waals surface area (Å²) in [6, 6.07) is 10.4. The minimum Gasteiger partial charge on any atom is -0.495 e. The molecule has 0 unspecified atom stereocenters. The fourth-order valence-corrected chi connectivity index (χ4v) is 2.31. The van der Waals surface area contributed by atoms with Crippen LogP contribution in [-0.2, 0) is 11.3 Å². The van der Waals surface area contributed by atoms with Crippen LogP contribution in [0.4, 0.5) is 5.69 Å². The predicted molar refractivity (Wildman–Crippen MR) is 89.7 cm³/mol. The SMILES string of the molecule is COCc1ccc(C(=O)Nc2cc(Cl)c(OC)cc2OC)cc1. The van der Waals surface area contributed by atoms with Crippen molar-refractivity contribution in [2.75, 3.05) is 26.6 Å². The van der Waals surface area contributed by atoms with E-state index in [9.17, 15) is 4.79 Å². The molecule has 23 heavy (non-hydrogen) atoms. The van der Waals surface area contributed by atoms with Crippen molar-refractivity contribution in [3.8, 4) is 11.5 Å². The van der Waals surface area contributed by atoms with E-state index in [-0.39, 0.29) is 5.91 Å². The van der Waals surface area contributed by atoms with Crippen molar-refractivity contribution in [3.05, 3.63) is 52.5 Å². The number of amides is 1. The summed E-state index contributed by atoms with van der Waals surface area (Å²) >= 11 is 6.10. The molecule has 0 aliphatic rings. The fourth-order valence-electron chi connectivity index (χ4n) is 2.07. The molecule has 0 aromatic heterocycles. The molecule has 0 heterocycles. The summed E-state index contributed by atoms with van der Waals surface area (Å²) in [4.78, 5) is 12.3. The molecule has 2 rings (SSSR count). The van der Waals surface area contributed by atoms with E-state index >= 15 is 0 Å². The summed E-state index contributed by atoms with van der Waals surface area (Å²) in [6.45, 7) is 0.504. The first-order valence-corrected chi connectivity index (χ1v) is 7.27. The molecular weight excluding hydrogens is 318 g/mol. The number of benzene rings is 2. The highest BCUT2D eigenvalue weighted by Gasteiger charge is 2.13. The van der Waals surface area contributed by atoms with Crippen molar-refractivity contribution in [1.29, 1.82) is 0 Å². The van der Waals surface area contributed by atoms with Gasteiger partial charge in [0.1, 0.15) is 11.5 Å². The molecule has 0 aliphatic heterocycles. The number of ether oxygens (including phenoxy) is 3. The molecule has 6 heteroatoms. The molecule has 0 spiro atoms. The third-order valence-electron chi connectivity index (χ3n) is 3.25. The molecule has 0 saturated carbocycles. The Morgan fingerprint density at radius 3 is 2.26 bits per heavy atom. The number of carbonyl (C=O) groups is 1. The van der Waals surface area contributed by atoms with E-state index in [4.69, 9.17) is 25.8 Å². The molecule has 5 nitrogen and oxygen atoms in total. The first kappa shape index (κ1) is 17.1. The van der Waals surface area contributed by atoms with Crippen molar-refractivity contribution in [2.45, 2.75) is 6.61 Å². The van der Waals surface area contributed by atoms with Gasteiger partial charge in [0, 0.05) is 18.7 Å². The highest BCUT2D eigenvalue weighted by Crippen LogP contribution is 2.36. The van der Waals surface area contributed by atoms with E-state index in [1.54, 1.807) is 31.4 Å². The highest BCUT2D eigenvalue weighted by atomic mass is 35.5. The van der Waals surface area contributed by atoms with Gasteiger partial charge in [-0.3, -0.25) is 4.79 Å². The first-order valence-electron chi connectivity index (χ1n) is 6.89. The maximum absolute atomic E-state index is 12.3. The molecule has 1 amide bonds. The van der Waals surface area contributed by atoms with Gasteiger partial charge in [-0.25, -0.2) is 0 Å². The number of anilines is 1. The van der Waals surface area contributed by atoms with Crippen LogP contribution in [0.2, 0.25) is 5.02 Å². The van der Waals surface area contributed by atoms with Crippen molar-refractivity contribution < 1.29 is 19.0 Å². The zero-order chi connectivity index (χ0) is 16.8. The van der Waals surface area contributed by atoms with E-state index in [1.165, 1.54) is 14.2 Å². The van der Waals surface area contributed by atoms with Gasteiger partial charge in [0.05, 0.1) is 31.5 Å². The second-order valence-corrected chi connectivity index (χ2v) is 5.18. The van der Waals surface area contributed by atoms with Gasteiger partial charge in [-0.1, -0.05) is 23.7 Å². The van der Waals surface area contributed by atoms with Gasteiger partial charge in [0.2, 0.25) is 0 Å². The van der Waals surface area contributed by atoms with E-state index in [0.717, 1.165) is 5.56 Å². The van der Waals surface area contributed by atoms with Gasteiger partial charge in [-0.2, -0.15) is 0 Å². The van der Waals surface area contributed by atoms with Gasteiger partial charge >= 0.3 is 0 Å². The van der Waals surface area contributed by atoms with Crippen molar-refractivity contribution >= 4 is 23.2 Å². The molecule has 0 fully saturated rings. The number of rotatable bonds is 6. The molecule has 2 aromatic rings. The molecule has 0 atom stereocenters. The zero-order valence-electron chi connectivity index (χ0n) is 13.2.